The molecule has 23 heavy (non-hydrogen) atoms. The number of carbonyl (C=O) groups is 1. The van der Waals surface area contributed by atoms with Crippen LogP contribution in [0, 0.1) is 13.8 Å². The van der Waals surface area contributed by atoms with Crippen LogP contribution < -0.4 is 14.9 Å². The van der Waals surface area contributed by atoms with Gasteiger partial charge in [-0.25, -0.2) is 5.43 Å². The number of ether oxygens (including phenoxy) is 2. The number of aryl methyl sites for hydroxylation is 2. The number of nitrogens with zero attached hydrogens (tertiary/aromatic N) is 3. The monoisotopic (exact) mass is 316 g/mol. The largest absolute Gasteiger partial charge is 0.497 e. The van der Waals surface area contributed by atoms with Crippen LogP contribution in [0.15, 0.2) is 29.4 Å². The smallest absolute Gasteiger partial charge is 0.261 e. The molecule has 1 heterocycles. The van der Waals surface area contributed by atoms with E-state index in [1.807, 2.05) is 19.9 Å². The lowest BCUT2D eigenvalue weighted by Gasteiger charge is -2.07. The zero-order valence-electron chi connectivity index (χ0n) is 13.7. The molecule has 0 fully saturated rings. The summed E-state index contributed by atoms with van der Waals surface area (Å²) in [7, 11) is 3.15. The molecule has 7 heteroatoms. The number of amides is 1. The van der Waals surface area contributed by atoms with Crippen molar-refractivity contribution >= 4 is 12.1 Å². The first kappa shape index (κ1) is 16.5. The summed E-state index contributed by atoms with van der Waals surface area (Å²) in [5.74, 6) is 1.05. The van der Waals surface area contributed by atoms with Crippen molar-refractivity contribution in [3.8, 4) is 11.5 Å². The summed E-state index contributed by atoms with van der Waals surface area (Å²) in [6.45, 7) is 3.91. The Morgan fingerprint density at radius 1 is 1.30 bits per heavy atom. The van der Waals surface area contributed by atoms with Crippen molar-refractivity contribution in [1.29, 1.82) is 0 Å². The average Bonchev–Trinajstić information content (AvgIpc) is 2.85. The lowest BCUT2D eigenvalue weighted by molar-refractivity contribution is -0.121. The number of hydrogen-bond acceptors (Lipinski definition) is 5. The van der Waals surface area contributed by atoms with Gasteiger partial charge in [-0.3, -0.25) is 9.48 Å². The molecule has 1 N–H and O–H groups in total. The summed E-state index contributed by atoms with van der Waals surface area (Å²) in [5.41, 5.74) is 5.02. The van der Waals surface area contributed by atoms with Crippen LogP contribution in [0.1, 0.15) is 17.0 Å². The van der Waals surface area contributed by atoms with Crippen LogP contribution in [0.25, 0.3) is 0 Å². The number of hydrogen-bond donors (Lipinski definition) is 1. The first-order chi connectivity index (χ1) is 11.0. The highest BCUT2D eigenvalue weighted by molar-refractivity contribution is 5.85. The van der Waals surface area contributed by atoms with E-state index in [4.69, 9.17) is 9.47 Å². The summed E-state index contributed by atoms with van der Waals surface area (Å²) < 4.78 is 12.0. The van der Waals surface area contributed by atoms with Gasteiger partial charge in [0.05, 0.1) is 26.1 Å². The van der Waals surface area contributed by atoms with Gasteiger partial charge < -0.3 is 9.47 Å². The van der Waals surface area contributed by atoms with Gasteiger partial charge in [-0.15, -0.1) is 0 Å². The van der Waals surface area contributed by atoms with Crippen molar-refractivity contribution in [3.63, 3.8) is 0 Å². The van der Waals surface area contributed by atoms with Crippen molar-refractivity contribution in [2.75, 3.05) is 14.2 Å². The molecule has 0 unspecified atom stereocenters. The SMILES string of the molecule is COc1ccc(/C=N\NC(=O)Cn2nc(C)cc2C)c(OC)c1. The number of aromatic nitrogens is 2. The topological polar surface area (TPSA) is 77.7 Å². The average molecular weight is 316 g/mol. The Morgan fingerprint density at radius 3 is 2.70 bits per heavy atom. The Bertz CT molecular complexity index is 722. The van der Waals surface area contributed by atoms with E-state index < -0.39 is 0 Å². The fraction of sp³-hybridized carbons (Fsp3) is 0.312. The van der Waals surface area contributed by atoms with E-state index in [1.54, 1.807) is 37.1 Å². The van der Waals surface area contributed by atoms with Crippen LogP contribution >= 0.6 is 0 Å². The van der Waals surface area contributed by atoms with Gasteiger partial charge in [-0.1, -0.05) is 0 Å². The normalized spacial score (nSPS) is 10.8. The Balaban J connectivity index is 1.98. The molecule has 0 atom stereocenters. The Labute approximate surface area is 134 Å². The summed E-state index contributed by atoms with van der Waals surface area (Å²) in [5, 5.41) is 8.18. The fourth-order valence-corrected chi connectivity index (χ4v) is 2.11. The minimum absolute atomic E-state index is 0.122. The van der Waals surface area contributed by atoms with Crippen molar-refractivity contribution in [1.82, 2.24) is 15.2 Å². The standard InChI is InChI=1S/C16H20N4O3/c1-11-7-12(2)20(19-11)10-16(21)18-17-9-13-5-6-14(22-3)8-15(13)23-4/h5-9H,10H2,1-4H3,(H,18,21)/b17-9-. The van der Waals surface area contributed by atoms with E-state index in [-0.39, 0.29) is 12.5 Å². The van der Waals surface area contributed by atoms with Gasteiger partial charge in [0, 0.05) is 17.3 Å². The van der Waals surface area contributed by atoms with Crippen LogP contribution in [0.5, 0.6) is 11.5 Å². The molecule has 0 bridgehead atoms. The number of benzene rings is 1. The van der Waals surface area contributed by atoms with E-state index in [0.717, 1.165) is 17.0 Å². The van der Waals surface area contributed by atoms with E-state index in [2.05, 4.69) is 15.6 Å². The predicted molar refractivity (Wildman–Crippen MR) is 87.0 cm³/mol. The Kier molecular flexibility index (Phi) is 5.35. The fourth-order valence-electron chi connectivity index (χ4n) is 2.11. The maximum Gasteiger partial charge on any atom is 0.261 e. The van der Waals surface area contributed by atoms with Gasteiger partial charge in [0.25, 0.3) is 5.91 Å². The summed E-state index contributed by atoms with van der Waals surface area (Å²) in [4.78, 5) is 11.9. The highest BCUT2D eigenvalue weighted by Crippen LogP contribution is 2.22. The van der Waals surface area contributed by atoms with Gasteiger partial charge in [0.1, 0.15) is 18.0 Å². The van der Waals surface area contributed by atoms with Gasteiger partial charge in [0.15, 0.2) is 0 Å². The molecule has 1 aromatic carbocycles. The zero-order chi connectivity index (χ0) is 16.8. The molecule has 0 saturated carbocycles. The molecule has 0 spiro atoms. The highest BCUT2D eigenvalue weighted by Gasteiger charge is 2.06. The minimum atomic E-state index is -0.250. The number of nitrogens with one attached hydrogen (secondary N) is 1. The molecule has 1 aromatic heterocycles. The van der Waals surface area contributed by atoms with Crippen molar-refractivity contribution in [2.45, 2.75) is 20.4 Å². The molecule has 122 valence electrons. The molecule has 0 aliphatic carbocycles. The summed E-state index contributed by atoms with van der Waals surface area (Å²) >= 11 is 0. The number of hydrazone groups is 1. The van der Waals surface area contributed by atoms with Gasteiger partial charge in [0.2, 0.25) is 0 Å². The molecule has 7 nitrogen and oxygen atoms in total. The maximum atomic E-state index is 11.9. The number of methoxy groups -OCH3 is 2. The molecule has 0 aliphatic heterocycles. The molecule has 0 saturated heterocycles. The molecule has 1 amide bonds. The summed E-state index contributed by atoms with van der Waals surface area (Å²) in [6, 6.07) is 7.26. The van der Waals surface area contributed by atoms with Crippen LogP contribution in [0.2, 0.25) is 0 Å². The first-order valence-electron chi connectivity index (χ1n) is 7.08. The highest BCUT2D eigenvalue weighted by atomic mass is 16.5. The molecular weight excluding hydrogens is 296 g/mol. The predicted octanol–water partition coefficient (Wildman–Crippen LogP) is 1.67. The maximum absolute atomic E-state index is 11.9. The molecular formula is C16H20N4O3. The summed E-state index contributed by atoms with van der Waals surface area (Å²) in [6.07, 6.45) is 1.53. The van der Waals surface area contributed by atoms with E-state index in [0.29, 0.717) is 11.5 Å². The van der Waals surface area contributed by atoms with E-state index in [1.165, 1.54) is 6.21 Å². The quantitative estimate of drug-likeness (QED) is 0.649. The second-order valence-electron chi connectivity index (χ2n) is 4.99. The zero-order valence-corrected chi connectivity index (χ0v) is 13.7. The van der Waals surface area contributed by atoms with Crippen molar-refractivity contribution in [2.24, 2.45) is 5.10 Å². The molecule has 2 aromatic rings. The Hall–Kier alpha value is -2.83. The third-order valence-electron chi connectivity index (χ3n) is 3.23. The van der Waals surface area contributed by atoms with E-state index >= 15 is 0 Å². The van der Waals surface area contributed by atoms with Gasteiger partial charge in [-0.2, -0.15) is 10.2 Å². The lowest BCUT2D eigenvalue weighted by Crippen LogP contribution is -2.24. The molecule has 2 rings (SSSR count). The second-order valence-corrected chi connectivity index (χ2v) is 4.99. The van der Waals surface area contributed by atoms with E-state index in [9.17, 15) is 4.79 Å². The Morgan fingerprint density at radius 2 is 2.09 bits per heavy atom. The van der Waals surface area contributed by atoms with Gasteiger partial charge >= 0.3 is 0 Å². The third-order valence-corrected chi connectivity index (χ3v) is 3.23. The minimum Gasteiger partial charge on any atom is -0.497 e. The third kappa shape index (κ3) is 4.32. The lowest BCUT2D eigenvalue weighted by atomic mass is 10.2. The first-order valence-corrected chi connectivity index (χ1v) is 7.08. The van der Waals surface area contributed by atoms with Crippen LogP contribution in [0.4, 0.5) is 0 Å². The van der Waals surface area contributed by atoms with Crippen LogP contribution in [0.3, 0.4) is 0 Å². The molecule has 0 radical (unpaired) electrons. The van der Waals surface area contributed by atoms with Crippen LogP contribution in [-0.2, 0) is 11.3 Å². The molecule has 0 aliphatic rings. The van der Waals surface area contributed by atoms with Crippen molar-refractivity contribution < 1.29 is 14.3 Å². The van der Waals surface area contributed by atoms with Crippen molar-refractivity contribution in [3.05, 3.63) is 41.2 Å². The van der Waals surface area contributed by atoms with Crippen LogP contribution in [-0.4, -0.2) is 36.1 Å². The van der Waals surface area contributed by atoms with Gasteiger partial charge in [-0.05, 0) is 32.0 Å². The number of rotatable bonds is 6. The number of carbonyl (C=O) groups excluding carboxylic acids is 1. The second kappa shape index (κ2) is 7.44.